The molecule has 1 atom stereocenters. The maximum absolute atomic E-state index is 14.1. The maximum Gasteiger partial charge on any atom is 0.329 e. The molecule has 10 nitrogen and oxygen atoms in total. The molecular formula is C30H37BFN6O4Si. The van der Waals surface area contributed by atoms with Gasteiger partial charge in [0.25, 0.3) is 0 Å². The average molecular weight is 604 g/mol. The van der Waals surface area contributed by atoms with E-state index in [1.54, 1.807) is 25.4 Å². The standard InChI is InChI=1S/C30H37BFN6O4Si/c1-29(2,3)43(6,7)42-18-30(4)17-38(31-19-39)26-21(15-33)12-20(13-23(26)30)24-8-9-34-28(36-24)37-25-14-22(32)16-35-27(25)41-11-10-40-5/h8-9,12-14,16,19H,10-11,17-18H2,1-7H3,(H,34,36,37)/t30-/m1/s1. The Morgan fingerprint density at radius 2 is 2.02 bits per heavy atom. The molecule has 225 valence electrons. The van der Waals surface area contributed by atoms with Crippen LogP contribution in [0, 0.1) is 17.1 Å². The first-order valence-corrected chi connectivity index (χ1v) is 16.9. The van der Waals surface area contributed by atoms with Crippen molar-refractivity contribution in [3.05, 3.63) is 53.6 Å². The van der Waals surface area contributed by atoms with Crippen molar-refractivity contribution in [2.75, 3.05) is 43.6 Å². The van der Waals surface area contributed by atoms with Crippen LogP contribution in [0.3, 0.4) is 0 Å². The minimum absolute atomic E-state index is 0.0231. The van der Waals surface area contributed by atoms with E-state index in [0.29, 0.717) is 42.3 Å². The number of methoxy groups -OCH3 is 1. The van der Waals surface area contributed by atoms with Crippen molar-refractivity contribution in [2.24, 2.45) is 0 Å². The number of fused-ring (bicyclic) bond motifs is 1. The van der Waals surface area contributed by atoms with E-state index in [1.807, 2.05) is 10.9 Å². The van der Waals surface area contributed by atoms with Crippen LogP contribution >= 0.6 is 0 Å². The van der Waals surface area contributed by atoms with Crippen LogP contribution in [-0.4, -0.2) is 70.3 Å². The number of anilines is 3. The predicted molar refractivity (Wildman–Crippen MR) is 167 cm³/mol. The number of aromatic nitrogens is 3. The lowest BCUT2D eigenvalue weighted by molar-refractivity contribution is 0.144. The van der Waals surface area contributed by atoms with Gasteiger partial charge in [-0.05, 0) is 41.9 Å². The smallest absolute Gasteiger partial charge is 0.329 e. The normalized spacial score (nSPS) is 16.4. The van der Waals surface area contributed by atoms with Crippen LogP contribution in [0.25, 0.3) is 11.3 Å². The molecule has 0 fully saturated rings. The molecular weight excluding hydrogens is 566 g/mol. The number of benzene rings is 1. The first-order chi connectivity index (χ1) is 20.3. The summed E-state index contributed by atoms with van der Waals surface area (Å²) in [7, 11) is 0.929. The zero-order valence-electron chi connectivity index (χ0n) is 25.7. The van der Waals surface area contributed by atoms with Crippen molar-refractivity contribution in [3.8, 4) is 23.2 Å². The van der Waals surface area contributed by atoms with E-state index in [0.717, 1.165) is 17.9 Å². The molecule has 0 bridgehead atoms. The Labute approximate surface area is 254 Å². The molecule has 43 heavy (non-hydrogen) atoms. The Morgan fingerprint density at radius 3 is 2.70 bits per heavy atom. The lowest BCUT2D eigenvalue weighted by Gasteiger charge is -2.39. The Kier molecular flexibility index (Phi) is 9.54. The number of carbonyl (C=O) groups excluding carboxylic acids is 1. The molecule has 3 heterocycles. The topological polar surface area (TPSA) is 122 Å². The van der Waals surface area contributed by atoms with E-state index in [2.05, 4.69) is 67.1 Å². The number of hydrogen-bond acceptors (Lipinski definition) is 10. The van der Waals surface area contributed by atoms with Gasteiger partial charge in [0.15, 0.2) is 8.32 Å². The second-order valence-corrected chi connectivity index (χ2v) is 17.1. The SMILES string of the molecule is COCCOc1ncc(F)cc1Nc1nccc(-c2cc(C#N)c3c(c2)[C@@](C)(CO[Si](C)(C)C(C)(C)C)CN3[B]C=O)n1. The fourth-order valence-electron chi connectivity index (χ4n) is 4.61. The van der Waals surface area contributed by atoms with Crippen molar-refractivity contribution < 1.29 is 23.1 Å². The molecule has 13 heteroatoms. The number of halogens is 1. The number of nitriles is 1. The highest BCUT2D eigenvalue weighted by molar-refractivity contribution is 6.74. The molecule has 2 aromatic heterocycles. The summed E-state index contributed by atoms with van der Waals surface area (Å²) in [6, 6.07) is 9.04. The van der Waals surface area contributed by atoms with Gasteiger partial charge in [-0.3, -0.25) is 0 Å². The van der Waals surface area contributed by atoms with Crippen molar-refractivity contribution >= 4 is 39.2 Å². The van der Waals surface area contributed by atoms with E-state index in [4.69, 9.17) is 13.9 Å². The summed E-state index contributed by atoms with van der Waals surface area (Å²) in [6.45, 7) is 14.6. The summed E-state index contributed by atoms with van der Waals surface area (Å²) in [4.78, 5) is 26.4. The Bertz CT molecular complexity index is 1530. The van der Waals surface area contributed by atoms with Gasteiger partial charge < -0.3 is 28.8 Å². The number of rotatable bonds is 12. The van der Waals surface area contributed by atoms with Gasteiger partial charge in [-0.25, -0.2) is 19.3 Å². The molecule has 3 aromatic rings. The molecule has 0 saturated carbocycles. The van der Waals surface area contributed by atoms with Gasteiger partial charge in [0.2, 0.25) is 11.8 Å². The van der Waals surface area contributed by atoms with Gasteiger partial charge in [-0.2, -0.15) is 5.26 Å². The molecule has 1 N–H and O–H groups in total. The first kappa shape index (κ1) is 32.1. The van der Waals surface area contributed by atoms with Crippen molar-refractivity contribution in [1.29, 1.82) is 5.26 Å². The molecule has 1 aliphatic heterocycles. The molecule has 1 aliphatic rings. The predicted octanol–water partition coefficient (Wildman–Crippen LogP) is 5.23. The van der Waals surface area contributed by atoms with E-state index in [1.165, 1.54) is 13.5 Å². The largest absolute Gasteiger partial charge is 0.474 e. The molecule has 0 unspecified atom stereocenters. The number of nitrogens with zero attached hydrogens (tertiary/aromatic N) is 5. The maximum atomic E-state index is 14.1. The van der Waals surface area contributed by atoms with Crippen LogP contribution in [0.1, 0.15) is 38.8 Å². The molecule has 1 radical (unpaired) electrons. The number of pyridine rings is 1. The van der Waals surface area contributed by atoms with Crippen LogP contribution in [-0.2, 0) is 19.4 Å². The highest BCUT2D eigenvalue weighted by Crippen LogP contribution is 2.46. The first-order valence-electron chi connectivity index (χ1n) is 14.0. The lowest BCUT2D eigenvalue weighted by atomic mass is 9.83. The number of nitrogens with one attached hydrogen (secondary N) is 1. The molecule has 1 aromatic carbocycles. The zero-order chi connectivity index (χ0) is 31.4. The van der Waals surface area contributed by atoms with Crippen molar-refractivity contribution in [1.82, 2.24) is 15.0 Å². The third kappa shape index (κ3) is 7.04. The summed E-state index contributed by atoms with van der Waals surface area (Å²) in [5.41, 5.74) is 3.01. The van der Waals surface area contributed by atoms with Gasteiger partial charge >= 0.3 is 7.41 Å². The summed E-state index contributed by atoms with van der Waals surface area (Å²) < 4.78 is 31.4. The lowest BCUT2D eigenvalue weighted by Crippen LogP contribution is -2.46. The molecule has 0 spiro atoms. The van der Waals surface area contributed by atoms with Gasteiger partial charge in [0.05, 0.1) is 24.1 Å². The summed E-state index contributed by atoms with van der Waals surface area (Å²) in [6.07, 6.45) is 3.38. The third-order valence-corrected chi connectivity index (χ3v) is 12.5. The number of hydrogen-bond donors (Lipinski definition) is 1. The van der Waals surface area contributed by atoms with Crippen molar-refractivity contribution in [2.45, 2.75) is 51.2 Å². The average Bonchev–Trinajstić information content (AvgIpc) is 3.24. The second-order valence-electron chi connectivity index (χ2n) is 12.3. The van der Waals surface area contributed by atoms with Crippen LogP contribution in [0.4, 0.5) is 21.7 Å². The summed E-state index contributed by atoms with van der Waals surface area (Å²) in [5.74, 6) is -0.174. The Morgan fingerprint density at radius 1 is 1.26 bits per heavy atom. The Hall–Kier alpha value is -3.86. The molecule has 0 amide bonds. The van der Waals surface area contributed by atoms with Crippen LogP contribution < -0.4 is 14.9 Å². The van der Waals surface area contributed by atoms with E-state index >= 15 is 0 Å². The van der Waals surface area contributed by atoms with Gasteiger partial charge in [0, 0.05) is 49.2 Å². The fourth-order valence-corrected chi connectivity index (χ4v) is 5.72. The zero-order valence-corrected chi connectivity index (χ0v) is 26.7. The highest BCUT2D eigenvalue weighted by Gasteiger charge is 2.44. The minimum Gasteiger partial charge on any atom is -0.474 e. The van der Waals surface area contributed by atoms with Gasteiger partial charge in [-0.15, -0.1) is 0 Å². The fraction of sp³-hybridized carbons (Fsp3) is 0.433. The quantitative estimate of drug-likeness (QED) is 0.167. The summed E-state index contributed by atoms with van der Waals surface area (Å²) in [5, 5.41) is 13.2. The number of ether oxygens (including phenoxy) is 2. The number of carbonyl (C=O) groups is 1. The van der Waals surface area contributed by atoms with Gasteiger partial charge in [-0.1, -0.05) is 27.7 Å². The monoisotopic (exact) mass is 603 g/mol. The van der Waals surface area contributed by atoms with Gasteiger partial charge in [0.1, 0.15) is 30.4 Å². The van der Waals surface area contributed by atoms with Crippen molar-refractivity contribution in [3.63, 3.8) is 0 Å². The van der Waals surface area contributed by atoms with Crippen LogP contribution in [0.15, 0.2) is 36.7 Å². The minimum atomic E-state index is -2.09. The third-order valence-electron chi connectivity index (χ3n) is 8.03. The van der Waals surface area contributed by atoms with Crippen LogP contribution in [0.2, 0.25) is 18.1 Å². The highest BCUT2D eigenvalue weighted by atomic mass is 28.4. The van der Waals surface area contributed by atoms with E-state index in [-0.39, 0.29) is 29.2 Å². The molecule has 0 aliphatic carbocycles. The van der Waals surface area contributed by atoms with E-state index < -0.39 is 19.5 Å². The molecule has 4 rings (SSSR count). The van der Waals surface area contributed by atoms with Crippen LogP contribution in [0.5, 0.6) is 5.88 Å². The Balaban J connectivity index is 1.72. The van der Waals surface area contributed by atoms with E-state index in [9.17, 15) is 14.4 Å². The second kappa shape index (κ2) is 12.8. The molecule has 0 saturated heterocycles. The summed E-state index contributed by atoms with van der Waals surface area (Å²) >= 11 is 0.